The van der Waals surface area contributed by atoms with Crippen molar-refractivity contribution in [3.05, 3.63) is 0 Å². The fourth-order valence-electron chi connectivity index (χ4n) is 1.57. The largest absolute Gasteiger partial charge is 0.381 e. The van der Waals surface area contributed by atoms with Crippen molar-refractivity contribution in [2.75, 3.05) is 19.0 Å². The van der Waals surface area contributed by atoms with Crippen LogP contribution in [0.15, 0.2) is 0 Å². The monoisotopic (exact) mass is 218 g/mol. The summed E-state index contributed by atoms with van der Waals surface area (Å²) in [5.41, 5.74) is 0. The molecule has 1 unspecified atom stereocenters. The third-order valence-electron chi connectivity index (χ3n) is 2.41. The lowest BCUT2D eigenvalue weighted by atomic mass is 10.2. The molecule has 0 bridgehead atoms. The van der Waals surface area contributed by atoms with Gasteiger partial charge in [0.15, 0.2) is 0 Å². The highest BCUT2D eigenvalue weighted by molar-refractivity contribution is 7.85. The highest BCUT2D eigenvalue weighted by Crippen LogP contribution is 2.14. The van der Waals surface area contributed by atoms with E-state index in [1.165, 1.54) is 0 Å². The maximum atomic E-state index is 11.7. The number of Topliss-reactive ketones (excluding diaryl/α,β-unsaturated/α-hetero) is 1. The first-order valence-electron chi connectivity index (χ1n) is 5.14. The maximum Gasteiger partial charge on any atom is 0.129 e. The second-order valence-corrected chi connectivity index (χ2v) is 5.54. The van der Waals surface area contributed by atoms with E-state index in [9.17, 15) is 9.00 Å². The minimum atomic E-state index is -0.755. The summed E-state index contributed by atoms with van der Waals surface area (Å²) >= 11 is 0. The zero-order valence-electron chi connectivity index (χ0n) is 8.66. The molecule has 82 valence electrons. The van der Waals surface area contributed by atoms with Gasteiger partial charge < -0.3 is 9.53 Å². The summed E-state index contributed by atoms with van der Waals surface area (Å²) in [7, 11) is -0.755. The van der Waals surface area contributed by atoms with Crippen molar-refractivity contribution in [1.82, 2.24) is 0 Å². The molecule has 1 aliphatic heterocycles. The molecule has 3 nitrogen and oxygen atoms in total. The van der Waals surface area contributed by atoms with Gasteiger partial charge in [-0.3, -0.25) is 4.21 Å². The molecule has 0 radical (unpaired) electrons. The van der Waals surface area contributed by atoms with E-state index in [0.717, 1.165) is 32.5 Å². The van der Waals surface area contributed by atoms with E-state index in [4.69, 9.17) is 4.74 Å². The van der Waals surface area contributed by atoms with Crippen LogP contribution in [0.2, 0.25) is 0 Å². The van der Waals surface area contributed by atoms with Crippen molar-refractivity contribution < 1.29 is 13.7 Å². The fourth-order valence-corrected chi connectivity index (χ4v) is 3.05. The number of ether oxygens (including phenoxy) is 1. The topological polar surface area (TPSA) is 43.4 Å². The van der Waals surface area contributed by atoms with Crippen molar-refractivity contribution in [1.29, 1.82) is 0 Å². The lowest BCUT2D eigenvalue weighted by molar-refractivity contribution is -0.117. The van der Waals surface area contributed by atoms with Gasteiger partial charge in [-0.1, -0.05) is 0 Å². The second-order valence-electron chi connectivity index (χ2n) is 3.70. The van der Waals surface area contributed by atoms with Crippen molar-refractivity contribution in [3.63, 3.8) is 0 Å². The van der Waals surface area contributed by atoms with E-state index in [-0.39, 0.29) is 5.78 Å². The summed E-state index contributed by atoms with van der Waals surface area (Å²) in [4.78, 5) is 10.7. The number of hydrogen-bond donors (Lipinski definition) is 0. The van der Waals surface area contributed by atoms with E-state index in [0.29, 0.717) is 17.4 Å². The molecule has 1 fully saturated rings. The zero-order valence-corrected chi connectivity index (χ0v) is 9.48. The van der Waals surface area contributed by atoms with E-state index < -0.39 is 10.8 Å². The first-order chi connectivity index (χ1) is 6.70. The lowest BCUT2D eigenvalue weighted by Crippen LogP contribution is -2.26. The van der Waals surface area contributed by atoms with E-state index in [2.05, 4.69) is 0 Å². The molecule has 1 atom stereocenters. The molecule has 0 aromatic rings. The van der Waals surface area contributed by atoms with Gasteiger partial charge in [0, 0.05) is 41.4 Å². The van der Waals surface area contributed by atoms with Crippen LogP contribution in [0, 0.1) is 0 Å². The van der Waals surface area contributed by atoms with E-state index in [1.807, 2.05) is 0 Å². The molecule has 14 heavy (non-hydrogen) atoms. The zero-order chi connectivity index (χ0) is 10.4. The quantitative estimate of drug-likeness (QED) is 0.698. The van der Waals surface area contributed by atoms with Gasteiger partial charge in [-0.2, -0.15) is 0 Å². The molecule has 0 N–H and O–H groups in total. The average Bonchev–Trinajstić information content (AvgIpc) is 2.18. The molecule has 0 spiro atoms. The predicted molar refractivity (Wildman–Crippen MR) is 56.8 cm³/mol. The summed E-state index contributed by atoms with van der Waals surface area (Å²) in [6, 6.07) is 0. The number of hydrogen-bond acceptors (Lipinski definition) is 3. The van der Waals surface area contributed by atoms with Crippen LogP contribution in [-0.4, -0.2) is 34.2 Å². The molecule has 0 aromatic carbocycles. The van der Waals surface area contributed by atoms with Gasteiger partial charge in [-0.15, -0.1) is 0 Å². The normalized spacial score (nSPS) is 20.6. The SMILES string of the molecule is CC(=O)CCCS(=O)C1CCOCC1. The Kier molecular flexibility index (Phi) is 5.33. The van der Waals surface area contributed by atoms with Crippen LogP contribution in [0.25, 0.3) is 0 Å². The Hall–Kier alpha value is -0.220. The molecule has 1 aliphatic rings. The Morgan fingerprint density at radius 2 is 2.07 bits per heavy atom. The van der Waals surface area contributed by atoms with Crippen molar-refractivity contribution in [2.24, 2.45) is 0 Å². The Morgan fingerprint density at radius 3 is 2.64 bits per heavy atom. The molecular formula is C10H18O3S. The first-order valence-corrected chi connectivity index (χ1v) is 6.52. The molecule has 0 amide bonds. The number of rotatable bonds is 5. The molecule has 4 heteroatoms. The summed E-state index contributed by atoms with van der Waals surface area (Å²) < 4.78 is 16.9. The second kappa shape index (κ2) is 6.30. The summed E-state index contributed by atoms with van der Waals surface area (Å²) in [5, 5.41) is 0.302. The highest BCUT2D eigenvalue weighted by atomic mass is 32.2. The molecule has 1 heterocycles. The third kappa shape index (κ3) is 4.33. The van der Waals surface area contributed by atoms with Gasteiger partial charge in [0.25, 0.3) is 0 Å². The van der Waals surface area contributed by atoms with Crippen LogP contribution >= 0.6 is 0 Å². The summed E-state index contributed by atoms with van der Waals surface area (Å²) in [6.07, 6.45) is 3.15. The van der Waals surface area contributed by atoms with Crippen molar-refractivity contribution >= 4 is 16.6 Å². The van der Waals surface area contributed by atoms with Crippen LogP contribution in [0.5, 0.6) is 0 Å². The van der Waals surface area contributed by atoms with Gasteiger partial charge >= 0.3 is 0 Å². The fraction of sp³-hybridized carbons (Fsp3) is 0.900. The molecule has 0 saturated carbocycles. The Labute approximate surface area is 87.7 Å². The van der Waals surface area contributed by atoms with Gasteiger partial charge in [0.05, 0.1) is 0 Å². The molecular weight excluding hydrogens is 200 g/mol. The van der Waals surface area contributed by atoms with Crippen molar-refractivity contribution in [3.8, 4) is 0 Å². The molecule has 1 rings (SSSR count). The predicted octanol–water partition coefficient (Wildman–Crippen LogP) is 1.28. The van der Waals surface area contributed by atoms with Gasteiger partial charge in [0.2, 0.25) is 0 Å². The van der Waals surface area contributed by atoms with Crippen LogP contribution in [0.4, 0.5) is 0 Å². The third-order valence-corrected chi connectivity index (χ3v) is 4.32. The van der Waals surface area contributed by atoms with Crippen LogP contribution in [-0.2, 0) is 20.3 Å². The Bertz CT molecular complexity index is 209. The minimum absolute atomic E-state index is 0.189. The molecule has 0 aromatic heterocycles. The van der Waals surface area contributed by atoms with Crippen LogP contribution < -0.4 is 0 Å². The Balaban J connectivity index is 2.16. The average molecular weight is 218 g/mol. The number of ketones is 1. The van der Waals surface area contributed by atoms with Crippen LogP contribution in [0.1, 0.15) is 32.6 Å². The highest BCUT2D eigenvalue weighted by Gasteiger charge is 2.19. The van der Waals surface area contributed by atoms with Gasteiger partial charge in [-0.25, -0.2) is 0 Å². The number of carbonyl (C=O) groups is 1. The standard InChI is InChI=1S/C10H18O3S/c1-9(11)3-2-8-14(12)10-4-6-13-7-5-10/h10H,2-8H2,1H3. The van der Waals surface area contributed by atoms with E-state index >= 15 is 0 Å². The molecule has 1 saturated heterocycles. The lowest BCUT2D eigenvalue weighted by Gasteiger charge is -2.21. The Morgan fingerprint density at radius 1 is 1.43 bits per heavy atom. The smallest absolute Gasteiger partial charge is 0.129 e. The summed E-state index contributed by atoms with van der Waals surface area (Å²) in [5.74, 6) is 0.860. The van der Waals surface area contributed by atoms with Gasteiger partial charge in [0.1, 0.15) is 5.78 Å². The molecule has 0 aliphatic carbocycles. The maximum absolute atomic E-state index is 11.7. The van der Waals surface area contributed by atoms with Crippen LogP contribution in [0.3, 0.4) is 0 Å². The number of carbonyl (C=O) groups excluding carboxylic acids is 1. The van der Waals surface area contributed by atoms with Gasteiger partial charge in [-0.05, 0) is 26.2 Å². The minimum Gasteiger partial charge on any atom is -0.381 e. The first kappa shape index (κ1) is 11.9. The van der Waals surface area contributed by atoms with E-state index in [1.54, 1.807) is 6.92 Å². The van der Waals surface area contributed by atoms with Crippen molar-refractivity contribution in [2.45, 2.75) is 37.9 Å². The summed E-state index contributed by atoms with van der Waals surface area (Å²) in [6.45, 7) is 3.06.